The SMILES string of the molecule is O=C(NC(CCO)c1ccccc1)c1ccnc(Br)c1. The Morgan fingerprint density at radius 1 is 1.30 bits per heavy atom. The molecule has 0 aliphatic carbocycles. The van der Waals surface area contributed by atoms with Gasteiger partial charge in [0.25, 0.3) is 5.91 Å². The first-order valence-electron chi connectivity index (χ1n) is 6.29. The van der Waals surface area contributed by atoms with Crippen LogP contribution in [0, 0.1) is 0 Å². The van der Waals surface area contributed by atoms with Crippen molar-refractivity contribution >= 4 is 21.8 Å². The molecule has 2 aromatic rings. The number of hydrogen-bond donors (Lipinski definition) is 2. The normalized spacial score (nSPS) is 11.9. The molecule has 0 fully saturated rings. The van der Waals surface area contributed by atoms with E-state index in [9.17, 15) is 4.79 Å². The molecule has 1 amide bonds. The number of rotatable bonds is 5. The fourth-order valence-corrected chi connectivity index (χ4v) is 2.29. The number of nitrogens with one attached hydrogen (secondary N) is 1. The van der Waals surface area contributed by atoms with E-state index in [2.05, 4.69) is 26.2 Å². The number of nitrogens with zero attached hydrogens (tertiary/aromatic N) is 1. The maximum atomic E-state index is 12.2. The highest BCUT2D eigenvalue weighted by Gasteiger charge is 2.15. The molecule has 0 saturated carbocycles. The average Bonchev–Trinajstić information content (AvgIpc) is 2.47. The number of aliphatic hydroxyl groups excluding tert-OH is 1. The zero-order valence-electron chi connectivity index (χ0n) is 10.8. The summed E-state index contributed by atoms with van der Waals surface area (Å²) in [5, 5.41) is 12.1. The average molecular weight is 335 g/mol. The van der Waals surface area contributed by atoms with Crippen molar-refractivity contribution < 1.29 is 9.90 Å². The Morgan fingerprint density at radius 2 is 2.05 bits per heavy atom. The molecule has 4 nitrogen and oxygen atoms in total. The molecule has 104 valence electrons. The highest BCUT2D eigenvalue weighted by molar-refractivity contribution is 9.10. The standard InChI is InChI=1S/C15H15BrN2O2/c16-14-10-12(6-8-17-14)15(20)18-13(7-9-19)11-4-2-1-3-5-11/h1-6,8,10,13,19H,7,9H2,(H,18,20). The van der Waals surface area contributed by atoms with Crippen LogP contribution in [0.5, 0.6) is 0 Å². The topological polar surface area (TPSA) is 62.2 Å². The van der Waals surface area contributed by atoms with Gasteiger partial charge in [0.05, 0.1) is 6.04 Å². The second kappa shape index (κ2) is 7.17. The minimum absolute atomic E-state index is 0.0138. The molecule has 2 N–H and O–H groups in total. The van der Waals surface area contributed by atoms with E-state index in [1.54, 1.807) is 18.3 Å². The smallest absolute Gasteiger partial charge is 0.251 e. The van der Waals surface area contributed by atoms with Crippen molar-refractivity contribution in [2.24, 2.45) is 0 Å². The quantitative estimate of drug-likeness (QED) is 0.826. The van der Waals surface area contributed by atoms with Crippen molar-refractivity contribution in [3.05, 3.63) is 64.4 Å². The van der Waals surface area contributed by atoms with Crippen LogP contribution in [0.2, 0.25) is 0 Å². The third-order valence-electron chi connectivity index (χ3n) is 2.91. The number of hydrogen-bond acceptors (Lipinski definition) is 3. The van der Waals surface area contributed by atoms with Gasteiger partial charge in [-0.05, 0) is 40.0 Å². The molecule has 0 saturated heterocycles. The van der Waals surface area contributed by atoms with Crippen LogP contribution in [0.1, 0.15) is 28.4 Å². The Bertz CT molecular complexity index is 575. The zero-order chi connectivity index (χ0) is 14.4. The molecule has 2 rings (SSSR count). The van der Waals surface area contributed by atoms with Crippen molar-refractivity contribution in [2.75, 3.05) is 6.61 Å². The van der Waals surface area contributed by atoms with Crippen LogP contribution in [-0.2, 0) is 0 Å². The lowest BCUT2D eigenvalue weighted by Crippen LogP contribution is -2.29. The van der Waals surface area contributed by atoms with E-state index in [0.717, 1.165) is 5.56 Å². The van der Waals surface area contributed by atoms with Gasteiger partial charge in [0.1, 0.15) is 4.60 Å². The van der Waals surface area contributed by atoms with Crippen molar-refractivity contribution in [3.8, 4) is 0 Å². The van der Waals surface area contributed by atoms with Crippen LogP contribution < -0.4 is 5.32 Å². The van der Waals surface area contributed by atoms with Crippen LogP contribution in [0.15, 0.2) is 53.3 Å². The summed E-state index contributed by atoms with van der Waals surface area (Å²) in [6.45, 7) is 0.0138. The van der Waals surface area contributed by atoms with Crippen LogP contribution >= 0.6 is 15.9 Å². The Hall–Kier alpha value is -1.72. The molecule has 0 aliphatic rings. The minimum Gasteiger partial charge on any atom is -0.396 e. The summed E-state index contributed by atoms with van der Waals surface area (Å²) >= 11 is 3.24. The molecule has 0 spiro atoms. The summed E-state index contributed by atoms with van der Waals surface area (Å²) in [6, 6.07) is 12.7. The van der Waals surface area contributed by atoms with Gasteiger partial charge in [-0.25, -0.2) is 4.98 Å². The van der Waals surface area contributed by atoms with Gasteiger partial charge in [0.2, 0.25) is 0 Å². The number of amides is 1. The van der Waals surface area contributed by atoms with Crippen LogP contribution in [0.3, 0.4) is 0 Å². The monoisotopic (exact) mass is 334 g/mol. The molecule has 1 aromatic heterocycles. The Morgan fingerprint density at radius 3 is 2.70 bits per heavy atom. The van der Waals surface area contributed by atoms with E-state index in [1.165, 1.54) is 0 Å². The predicted molar refractivity (Wildman–Crippen MR) is 80.3 cm³/mol. The lowest BCUT2D eigenvalue weighted by atomic mass is 10.0. The van der Waals surface area contributed by atoms with E-state index in [0.29, 0.717) is 16.6 Å². The van der Waals surface area contributed by atoms with Gasteiger partial charge in [-0.15, -0.1) is 0 Å². The highest BCUT2D eigenvalue weighted by atomic mass is 79.9. The molecular weight excluding hydrogens is 320 g/mol. The van der Waals surface area contributed by atoms with E-state index in [4.69, 9.17) is 5.11 Å². The van der Waals surface area contributed by atoms with Gasteiger partial charge >= 0.3 is 0 Å². The van der Waals surface area contributed by atoms with Crippen molar-refractivity contribution in [1.82, 2.24) is 10.3 Å². The van der Waals surface area contributed by atoms with Crippen molar-refractivity contribution in [3.63, 3.8) is 0 Å². The van der Waals surface area contributed by atoms with E-state index in [1.807, 2.05) is 30.3 Å². The van der Waals surface area contributed by atoms with Crippen molar-refractivity contribution in [2.45, 2.75) is 12.5 Å². The Kier molecular flexibility index (Phi) is 5.26. The molecule has 1 atom stereocenters. The summed E-state index contributed by atoms with van der Waals surface area (Å²) in [6.07, 6.45) is 2.05. The third kappa shape index (κ3) is 3.88. The number of carbonyl (C=O) groups excluding carboxylic acids is 1. The van der Waals surface area contributed by atoms with Crippen LogP contribution in [-0.4, -0.2) is 22.6 Å². The van der Waals surface area contributed by atoms with Gasteiger partial charge in [-0.2, -0.15) is 0 Å². The molecule has 1 heterocycles. The van der Waals surface area contributed by atoms with Gasteiger partial charge in [-0.1, -0.05) is 30.3 Å². The number of benzene rings is 1. The van der Waals surface area contributed by atoms with Gasteiger partial charge in [0.15, 0.2) is 0 Å². The molecular formula is C15H15BrN2O2. The number of halogens is 1. The summed E-state index contributed by atoms with van der Waals surface area (Å²) in [5.41, 5.74) is 1.51. The maximum absolute atomic E-state index is 12.2. The van der Waals surface area contributed by atoms with Gasteiger partial charge in [0, 0.05) is 18.4 Å². The summed E-state index contributed by atoms with van der Waals surface area (Å²) in [5.74, 6) is -0.185. The number of carbonyl (C=O) groups is 1. The number of aliphatic hydroxyl groups is 1. The summed E-state index contributed by atoms with van der Waals surface area (Å²) in [4.78, 5) is 16.2. The largest absolute Gasteiger partial charge is 0.396 e. The lowest BCUT2D eigenvalue weighted by molar-refractivity contribution is 0.0930. The zero-order valence-corrected chi connectivity index (χ0v) is 12.4. The Balaban J connectivity index is 2.14. The molecule has 20 heavy (non-hydrogen) atoms. The Labute approximate surface area is 126 Å². The van der Waals surface area contributed by atoms with E-state index < -0.39 is 0 Å². The first kappa shape index (κ1) is 14.7. The van der Waals surface area contributed by atoms with Crippen molar-refractivity contribution in [1.29, 1.82) is 0 Å². The second-order valence-corrected chi connectivity index (χ2v) is 5.13. The number of pyridine rings is 1. The molecule has 0 radical (unpaired) electrons. The maximum Gasteiger partial charge on any atom is 0.251 e. The van der Waals surface area contributed by atoms with Gasteiger partial charge < -0.3 is 10.4 Å². The summed E-state index contributed by atoms with van der Waals surface area (Å²) < 4.78 is 0.614. The van der Waals surface area contributed by atoms with Crippen LogP contribution in [0.25, 0.3) is 0 Å². The third-order valence-corrected chi connectivity index (χ3v) is 3.35. The molecule has 0 aliphatic heterocycles. The predicted octanol–water partition coefficient (Wildman–Crippen LogP) is 2.70. The van der Waals surface area contributed by atoms with Crippen LogP contribution in [0.4, 0.5) is 0 Å². The molecule has 5 heteroatoms. The van der Waals surface area contributed by atoms with E-state index >= 15 is 0 Å². The fraction of sp³-hybridized carbons (Fsp3) is 0.200. The highest BCUT2D eigenvalue weighted by Crippen LogP contribution is 2.17. The minimum atomic E-state index is -0.208. The first-order chi connectivity index (χ1) is 9.70. The van der Waals surface area contributed by atoms with Gasteiger partial charge in [-0.3, -0.25) is 4.79 Å². The molecule has 1 aromatic carbocycles. The first-order valence-corrected chi connectivity index (χ1v) is 7.08. The molecule has 0 bridgehead atoms. The van der Waals surface area contributed by atoms with E-state index in [-0.39, 0.29) is 18.6 Å². The second-order valence-electron chi connectivity index (χ2n) is 4.32. The number of aromatic nitrogens is 1. The molecule has 1 unspecified atom stereocenters. The summed E-state index contributed by atoms with van der Waals surface area (Å²) in [7, 11) is 0. The fourth-order valence-electron chi connectivity index (χ4n) is 1.92. The lowest BCUT2D eigenvalue weighted by Gasteiger charge is -2.18.